The molecule has 0 aromatic carbocycles. The summed E-state index contributed by atoms with van der Waals surface area (Å²) in [4.78, 5) is 12.0. The minimum absolute atomic E-state index is 0.136. The molecule has 2 nitrogen and oxygen atoms in total. The SMILES string of the molecule is O=C(C1=CCCCCC1)C1=CCCCO1. The van der Waals surface area contributed by atoms with E-state index in [1.54, 1.807) is 0 Å². The first-order valence-corrected chi connectivity index (χ1v) is 5.94. The van der Waals surface area contributed by atoms with Crippen LogP contribution in [0.25, 0.3) is 0 Å². The fraction of sp³-hybridized carbons (Fsp3) is 0.615. The summed E-state index contributed by atoms with van der Waals surface area (Å²) in [6.07, 6.45) is 11.7. The molecule has 15 heavy (non-hydrogen) atoms. The van der Waals surface area contributed by atoms with Gasteiger partial charge in [-0.05, 0) is 50.2 Å². The summed E-state index contributed by atoms with van der Waals surface area (Å²) in [6.45, 7) is 0.699. The first kappa shape index (κ1) is 10.5. The van der Waals surface area contributed by atoms with E-state index >= 15 is 0 Å². The molecule has 0 bridgehead atoms. The van der Waals surface area contributed by atoms with Gasteiger partial charge in [-0.25, -0.2) is 0 Å². The molecule has 2 heteroatoms. The standard InChI is InChI=1S/C13H18O2/c14-13(12-9-5-6-10-15-12)11-7-3-1-2-4-8-11/h7,9H,1-6,8,10H2. The topological polar surface area (TPSA) is 26.3 Å². The Kier molecular flexibility index (Phi) is 3.59. The highest BCUT2D eigenvalue weighted by atomic mass is 16.5. The van der Waals surface area contributed by atoms with E-state index in [2.05, 4.69) is 6.08 Å². The summed E-state index contributed by atoms with van der Waals surface area (Å²) in [5.74, 6) is 0.728. The van der Waals surface area contributed by atoms with Crippen molar-refractivity contribution in [1.29, 1.82) is 0 Å². The molecule has 0 spiro atoms. The van der Waals surface area contributed by atoms with Crippen molar-refractivity contribution >= 4 is 5.78 Å². The van der Waals surface area contributed by atoms with Crippen LogP contribution in [-0.4, -0.2) is 12.4 Å². The van der Waals surface area contributed by atoms with Crippen LogP contribution in [0.1, 0.15) is 44.9 Å². The zero-order valence-corrected chi connectivity index (χ0v) is 9.13. The van der Waals surface area contributed by atoms with Crippen molar-refractivity contribution in [3.63, 3.8) is 0 Å². The average molecular weight is 206 g/mol. The lowest BCUT2D eigenvalue weighted by Gasteiger charge is -2.14. The molecule has 2 rings (SSSR count). The van der Waals surface area contributed by atoms with Crippen LogP contribution in [0, 0.1) is 0 Å². The minimum atomic E-state index is 0.136. The normalized spacial score (nSPS) is 22.1. The number of rotatable bonds is 2. The van der Waals surface area contributed by atoms with Gasteiger partial charge in [0.15, 0.2) is 5.76 Å². The molecule has 0 unspecified atom stereocenters. The van der Waals surface area contributed by atoms with Gasteiger partial charge in [-0.15, -0.1) is 0 Å². The lowest BCUT2D eigenvalue weighted by molar-refractivity contribution is -0.115. The molecule has 0 fully saturated rings. The maximum absolute atomic E-state index is 12.0. The minimum Gasteiger partial charge on any atom is -0.490 e. The van der Waals surface area contributed by atoms with E-state index in [4.69, 9.17) is 4.74 Å². The van der Waals surface area contributed by atoms with Gasteiger partial charge in [-0.2, -0.15) is 0 Å². The van der Waals surface area contributed by atoms with Crippen LogP contribution in [0.3, 0.4) is 0 Å². The molecule has 1 aliphatic heterocycles. The number of ketones is 1. The number of hydrogen-bond acceptors (Lipinski definition) is 2. The third-order valence-electron chi connectivity index (χ3n) is 2.99. The Morgan fingerprint density at radius 3 is 2.73 bits per heavy atom. The third kappa shape index (κ3) is 2.71. The largest absolute Gasteiger partial charge is 0.490 e. The van der Waals surface area contributed by atoms with Gasteiger partial charge in [0.25, 0.3) is 0 Å². The third-order valence-corrected chi connectivity index (χ3v) is 2.99. The van der Waals surface area contributed by atoms with Gasteiger partial charge < -0.3 is 4.74 Å². The van der Waals surface area contributed by atoms with E-state index in [0.717, 1.165) is 37.7 Å². The molecule has 0 saturated heterocycles. The lowest BCUT2D eigenvalue weighted by Crippen LogP contribution is -2.13. The van der Waals surface area contributed by atoms with Gasteiger partial charge in [0.05, 0.1) is 6.61 Å². The van der Waals surface area contributed by atoms with Crippen LogP contribution < -0.4 is 0 Å². The molecule has 0 atom stereocenters. The monoisotopic (exact) mass is 206 g/mol. The summed E-state index contributed by atoms with van der Waals surface area (Å²) in [5.41, 5.74) is 0.973. The van der Waals surface area contributed by atoms with Crippen LogP contribution in [0.15, 0.2) is 23.5 Å². The smallest absolute Gasteiger partial charge is 0.222 e. The quantitative estimate of drug-likeness (QED) is 0.693. The Hall–Kier alpha value is -1.05. The maximum atomic E-state index is 12.0. The van der Waals surface area contributed by atoms with Crippen LogP contribution >= 0.6 is 0 Å². The molecular formula is C13H18O2. The summed E-state index contributed by atoms with van der Waals surface area (Å²) >= 11 is 0. The van der Waals surface area contributed by atoms with Crippen molar-refractivity contribution in [2.45, 2.75) is 44.9 Å². The zero-order valence-electron chi connectivity index (χ0n) is 9.13. The number of hydrogen-bond donors (Lipinski definition) is 0. The van der Waals surface area contributed by atoms with Gasteiger partial charge in [0.2, 0.25) is 5.78 Å². The Bertz CT molecular complexity index is 300. The van der Waals surface area contributed by atoms with E-state index in [0.29, 0.717) is 12.4 Å². The first-order chi connectivity index (χ1) is 7.38. The van der Waals surface area contributed by atoms with Crippen molar-refractivity contribution in [2.75, 3.05) is 6.61 Å². The van der Waals surface area contributed by atoms with Gasteiger partial charge in [-0.1, -0.05) is 12.5 Å². The van der Waals surface area contributed by atoms with Crippen LogP contribution in [0.2, 0.25) is 0 Å². The Labute approximate surface area is 91.0 Å². The van der Waals surface area contributed by atoms with Crippen LogP contribution in [0.5, 0.6) is 0 Å². The number of ether oxygens (including phenoxy) is 1. The van der Waals surface area contributed by atoms with Gasteiger partial charge >= 0.3 is 0 Å². The summed E-state index contributed by atoms with van der Waals surface area (Å²) in [6, 6.07) is 0. The van der Waals surface area contributed by atoms with E-state index in [1.807, 2.05) is 6.08 Å². The number of allylic oxidation sites excluding steroid dienone is 3. The van der Waals surface area contributed by atoms with E-state index in [9.17, 15) is 4.79 Å². The van der Waals surface area contributed by atoms with Crippen molar-refractivity contribution < 1.29 is 9.53 Å². The van der Waals surface area contributed by atoms with Crippen molar-refractivity contribution in [3.05, 3.63) is 23.5 Å². The predicted octanol–water partition coefficient (Wildman–Crippen LogP) is 3.14. The molecule has 0 aromatic rings. The second-order valence-electron chi connectivity index (χ2n) is 4.22. The molecule has 0 saturated carbocycles. The van der Waals surface area contributed by atoms with Gasteiger partial charge in [0.1, 0.15) is 0 Å². The highest BCUT2D eigenvalue weighted by Gasteiger charge is 2.18. The first-order valence-electron chi connectivity index (χ1n) is 5.94. The predicted molar refractivity (Wildman–Crippen MR) is 59.4 cm³/mol. The molecule has 1 aliphatic carbocycles. The second kappa shape index (κ2) is 5.15. The Morgan fingerprint density at radius 2 is 1.93 bits per heavy atom. The summed E-state index contributed by atoms with van der Waals surface area (Å²) < 4.78 is 5.40. The number of Topliss-reactive ketones (excluding diaryl/α,β-unsaturated/α-hetero) is 1. The molecule has 0 amide bonds. The molecule has 0 radical (unpaired) electrons. The van der Waals surface area contributed by atoms with Crippen molar-refractivity contribution in [3.8, 4) is 0 Å². The molecule has 1 heterocycles. The van der Waals surface area contributed by atoms with Crippen molar-refractivity contribution in [1.82, 2.24) is 0 Å². The van der Waals surface area contributed by atoms with Gasteiger partial charge in [0, 0.05) is 0 Å². The fourth-order valence-electron chi connectivity index (χ4n) is 2.10. The summed E-state index contributed by atoms with van der Waals surface area (Å²) in [7, 11) is 0. The van der Waals surface area contributed by atoms with Crippen LogP contribution in [-0.2, 0) is 9.53 Å². The average Bonchev–Trinajstić information content (AvgIpc) is 2.58. The molecule has 0 aromatic heterocycles. The Balaban J connectivity index is 2.05. The lowest BCUT2D eigenvalue weighted by atomic mass is 10.0. The van der Waals surface area contributed by atoms with E-state index in [-0.39, 0.29) is 5.78 Å². The van der Waals surface area contributed by atoms with Crippen LogP contribution in [0.4, 0.5) is 0 Å². The molecule has 82 valence electrons. The Morgan fingerprint density at radius 1 is 1.07 bits per heavy atom. The number of carbonyl (C=O) groups is 1. The fourth-order valence-corrected chi connectivity index (χ4v) is 2.10. The maximum Gasteiger partial charge on any atom is 0.222 e. The molecule has 2 aliphatic rings. The highest BCUT2D eigenvalue weighted by Crippen LogP contribution is 2.22. The molecular weight excluding hydrogens is 188 g/mol. The van der Waals surface area contributed by atoms with E-state index < -0.39 is 0 Å². The van der Waals surface area contributed by atoms with Gasteiger partial charge in [-0.3, -0.25) is 4.79 Å². The van der Waals surface area contributed by atoms with E-state index in [1.165, 1.54) is 12.8 Å². The molecule has 0 N–H and O–H groups in total. The zero-order chi connectivity index (χ0) is 10.5. The number of carbonyl (C=O) groups excluding carboxylic acids is 1. The van der Waals surface area contributed by atoms with Crippen molar-refractivity contribution in [2.24, 2.45) is 0 Å². The summed E-state index contributed by atoms with van der Waals surface area (Å²) in [5, 5.41) is 0. The highest BCUT2D eigenvalue weighted by molar-refractivity contribution is 6.06. The second-order valence-corrected chi connectivity index (χ2v) is 4.22.